The Hall–Kier alpha value is -0.420. The third kappa shape index (κ3) is 1.61. The zero-order valence-electron chi connectivity index (χ0n) is 8.28. The van der Waals surface area contributed by atoms with Crippen molar-refractivity contribution < 1.29 is 4.74 Å². The lowest BCUT2D eigenvalue weighted by Gasteiger charge is -1.94. The van der Waals surface area contributed by atoms with Gasteiger partial charge in [0, 0.05) is 20.9 Å². The quantitative estimate of drug-likeness (QED) is 0.657. The molecule has 0 aliphatic carbocycles. The van der Waals surface area contributed by atoms with E-state index in [2.05, 4.69) is 17.5 Å². The number of rotatable bonds is 3. The van der Waals surface area contributed by atoms with E-state index in [9.17, 15) is 0 Å². The molecule has 0 saturated carbocycles. The fourth-order valence-corrected chi connectivity index (χ4v) is 5.32. The van der Waals surface area contributed by atoms with E-state index < -0.39 is 0 Å². The Kier molecular flexibility index (Phi) is 2.52. The summed E-state index contributed by atoms with van der Waals surface area (Å²) in [5.41, 5.74) is 0. The molecule has 3 heterocycles. The van der Waals surface area contributed by atoms with Crippen molar-refractivity contribution in [2.75, 3.05) is 6.61 Å². The number of ether oxygens (including phenoxy) is 1. The van der Waals surface area contributed by atoms with E-state index in [4.69, 9.17) is 4.74 Å². The summed E-state index contributed by atoms with van der Waals surface area (Å²) in [6, 6.07) is 4.48. The van der Waals surface area contributed by atoms with E-state index in [-0.39, 0.29) is 0 Å². The largest absolute Gasteiger partial charge is 0.376 e. The van der Waals surface area contributed by atoms with E-state index in [1.807, 2.05) is 40.9 Å². The first-order valence-electron chi connectivity index (χ1n) is 4.84. The molecule has 0 radical (unpaired) electrons. The van der Waals surface area contributed by atoms with Gasteiger partial charge in [0.15, 0.2) is 0 Å². The second-order valence-electron chi connectivity index (χ2n) is 3.26. The van der Waals surface area contributed by atoms with E-state index in [1.165, 1.54) is 23.7 Å². The van der Waals surface area contributed by atoms with Gasteiger partial charge in [0.2, 0.25) is 0 Å². The summed E-state index contributed by atoms with van der Waals surface area (Å²) in [7, 11) is 0. The van der Waals surface area contributed by atoms with Crippen molar-refractivity contribution in [1.29, 1.82) is 0 Å². The molecule has 0 saturated heterocycles. The zero-order valence-corrected chi connectivity index (χ0v) is 10.7. The van der Waals surface area contributed by atoms with Crippen LogP contribution in [0.3, 0.4) is 0 Å². The normalized spacial score (nSPS) is 11.8. The average Bonchev–Trinajstić information content (AvgIpc) is 2.84. The van der Waals surface area contributed by atoms with Crippen LogP contribution < -0.4 is 0 Å². The maximum absolute atomic E-state index is 5.43. The third-order valence-corrected chi connectivity index (χ3v) is 5.80. The van der Waals surface area contributed by atoms with Crippen LogP contribution >= 0.6 is 34.0 Å². The van der Waals surface area contributed by atoms with E-state index >= 15 is 0 Å². The molecule has 3 rings (SSSR count). The molecule has 0 amide bonds. The lowest BCUT2D eigenvalue weighted by molar-refractivity contribution is 0.136. The first-order chi connectivity index (χ1) is 7.38. The van der Waals surface area contributed by atoms with E-state index in [0.717, 1.165) is 13.2 Å². The molecule has 0 N–H and O–H groups in total. The molecule has 0 atom stereocenters. The van der Waals surface area contributed by atoms with Crippen LogP contribution in [0.2, 0.25) is 0 Å². The first kappa shape index (κ1) is 9.78. The van der Waals surface area contributed by atoms with Crippen molar-refractivity contribution in [3.8, 4) is 0 Å². The van der Waals surface area contributed by atoms with Crippen LogP contribution in [0.4, 0.5) is 0 Å². The second kappa shape index (κ2) is 3.87. The number of hydrogen-bond donors (Lipinski definition) is 0. The monoisotopic (exact) mass is 254 g/mol. The molecule has 0 aliphatic rings. The number of thiophene rings is 3. The van der Waals surface area contributed by atoms with Gasteiger partial charge >= 0.3 is 0 Å². The van der Waals surface area contributed by atoms with E-state index in [0.29, 0.717) is 0 Å². The van der Waals surface area contributed by atoms with Gasteiger partial charge in [-0.25, -0.2) is 0 Å². The molecule has 4 heteroatoms. The Morgan fingerprint density at radius 1 is 1.20 bits per heavy atom. The van der Waals surface area contributed by atoms with Crippen molar-refractivity contribution in [3.05, 3.63) is 22.4 Å². The van der Waals surface area contributed by atoms with Gasteiger partial charge in [0.25, 0.3) is 0 Å². The lowest BCUT2D eigenvalue weighted by atomic mass is 10.4. The predicted octanol–water partition coefficient (Wildman–Crippen LogP) is 4.71. The molecule has 0 aliphatic heterocycles. The summed E-state index contributed by atoms with van der Waals surface area (Å²) < 4.78 is 11.2. The Morgan fingerprint density at radius 3 is 3.00 bits per heavy atom. The van der Waals surface area contributed by atoms with Crippen molar-refractivity contribution in [1.82, 2.24) is 0 Å². The van der Waals surface area contributed by atoms with Crippen molar-refractivity contribution in [3.63, 3.8) is 0 Å². The fraction of sp³-hybridized carbons (Fsp3) is 0.273. The van der Waals surface area contributed by atoms with Gasteiger partial charge in [-0.15, -0.1) is 34.0 Å². The highest BCUT2D eigenvalue weighted by atomic mass is 32.1. The van der Waals surface area contributed by atoms with Gasteiger partial charge in [-0.1, -0.05) is 0 Å². The van der Waals surface area contributed by atoms with Gasteiger partial charge in [0.1, 0.15) is 0 Å². The van der Waals surface area contributed by atoms with Crippen molar-refractivity contribution >= 4 is 52.8 Å². The zero-order chi connectivity index (χ0) is 10.3. The molecule has 15 heavy (non-hydrogen) atoms. The summed E-state index contributed by atoms with van der Waals surface area (Å²) >= 11 is 5.60. The molecule has 0 fully saturated rings. The Bertz CT molecular complexity index is 587. The molecule has 0 spiro atoms. The Morgan fingerprint density at radius 2 is 2.13 bits per heavy atom. The number of hydrogen-bond acceptors (Lipinski definition) is 4. The molecule has 78 valence electrons. The summed E-state index contributed by atoms with van der Waals surface area (Å²) in [6.07, 6.45) is 0. The van der Waals surface area contributed by atoms with Gasteiger partial charge in [0.05, 0.1) is 16.0 Å². The topological polar surface area (TPSA) is 9.23 Å². The first-order valence-corrected chi connectivity index (χ1v) is 7.36. The maximum Gasteiger partial charge on any atom is 0.0809 e. The van der Waals surface area contributed by atoms with Crippen LogP contribution in [-0.2, 0) is 11.3 Å². The standard InChI is InChI=1S/C11H10OS3/c1-2-12-6-7-5-9-11(14-7)10-8(15-9)3-4-13-10/h3-5H,2,6H2,1H3. The summed E-state index contributed by atoms with van der Waals surface area (Å²) in [5, 5.41) is 2.17. The highest BCUT2D eigenvalue weighted by Gasteiger charge is 2.10. The van der Waals surface area contributed by atoms with Gasteiger partial charge in [-0.2, -0.15) is 0 Å². The maximum atomic E-state index is 5.43. The highest BCUT2D eigenvalue weighted by molar-refractivity contribution is 7.38. The van der Waals surface area contributed by atoms with Gasteiger partial charge in [-0.05, 0) is 24.4 Å². The summed E-state index contributed by atoms with van der Waals surface area (Å²) in [6.45, 7) is 3.59. The molecule has 0 unspecified atom stereocenters. The molecular weight excluding hydrogens is 244 g/mol. The minimum Gasteiger partial charge on any atom is -0.376 e. The van der Waals surface area contributed by atoms with Crippen LogP contribution in [0.1, 0.15) is 11.8 Å². The number of fused-ring (bicyclic) bond motifs is 3. The molecule has 3 aromatic heterocycles. The highest BCUT2D eigenvalue weighted by Crippen LogP contribution is 2.42. The second-order valence-corrected chi connectivity index (χ2v) is 6.40. The van der Waals surface area contributed by atoms with Crippen LogP contribution in [0.5, 0.6) is 0 Å². The summed E-state index contributed by atoms with van der Waals surface area (Å²) in [5.74, 6) is 0. The van der Waals surface area contributed by atoms with Crippen LogP contribution in [0, 0.1) is 0 Å². The minimum absolute atomic E-state index is 0.759. The smallest absolute Gasteiger partial charge is 0.0809 e. The predicted molar refractivity (Wildman–Crippen MR) is 70.4 cm³/mol. The van der Waals surface area contributed by atoms with Crippen molar-refractivity contribution in [2.45, 2.75) is 13.5 Å². The minimum atomic E-state index is 0.759. The van der Waals surface area contributed by atoms with Gasteiger partial charge in [-0.3, -0.25) is 0 Å². The third-order valence-electron chi connectivity index (χ3n) is 2.25. The molecular formula is C11H10OS3. The fourth-order valence-electron chi connectivity index (χ4n) is 1.59. The Labute approximate surface area is 99.9 Å². The van der Waals surface area contributed by atoms with Gasteiger partial charge < -0.3 is 4.74 Å². The average molecular weight is 254 g/mol. The van der Waals surface area contributed by atoms with Crippen LogP contribution in [0.25, 0.3) is 18.8 Å². The molecule has 0 bridgehead atoms. The summed E-state index contributed by atoms with van der Waals surface area (Å²) in [4.78, 5) is 1.34. The van der Waals surface area contributed by atoms with Crippen LogP contribution in [-0.4, -0.2) is 6.61 Å². The molecule has 1 nitrogen and oxygen atoms in total. The van der Waals surface area contributed by atoms with Crippen LogP contribution in [0.15, 0.2) is 17.5 Å². The van der Waals surface area contributed by atoms with Crippen molar-refractivity contribution in [2.24, 2.45) is 0 Å². The molecule has 3 aromatic rings. The molecule has 0 aromatic carbocycles. The SMILES string of the molecule is CCOCc1cc2sc3ccsc3c2s1. The Balaban J connectivity index is 2.09. The van der Waals surface area contributed by atoms with E-state index in [1.54, 1.807) is 0 Å². The lowest BCUT2D eigenvalue weighted by Crippen LogP contribution is -1.87.